The molecule has 2 rings (SSSR count). The Morgan fingerprint density at radius 1 is 1.37 bits per heavy atom. The molecule has 108 valence electrons. The van der Waals surface area contributed by atoms with Crippen LogP contribution in [0.15, 0.2) is 0 Å². The number of nitrogens with zero attached hydrogens (tertiary/aromatic N) is 1. The van der Waals surface area contributed by atoms with Crippen molar-refractivity contribution in [3.63, 3.8) is 0 Å². The number of carbonyl (C=O) groups excluding carboxylic acids is 1. The molecule has 0 atom stereocenters. The van der Waals surface area contributed by atoms with Gasteiger partial charge >= 0.3 is 0 Å². The molecule has 1 aliphatic carbocycles. The number of hydrogen-bond acceptors (Lipinski definition) is 4. The Kier molecular flexibility index (Phi) is 5.13. The topological polar surface area (TPSA) is 67.6 Å². The second-order valence-electron chi connectivity index (χ2n) is 5.36. The smallest absolute Gasteiger partial charge is 0.233 e. The lowest BCUT2D eigenvalue weighted by molar-refractivity contribution is -0.130. The molecular formula is C13H23N3O2S. The lowest BCUT2D eigenvalue weighted by atomic mass is 9.68. The van der Waals surface area contributed by atoms with Crippen LogP contribution in [0.3, 0.4) is 0 Å². The summed E-state index contributed by atoms with van der Waals surface area (Å²) < 4.78 is 5.30. The van der Waals surface area contributed by atoms with Crippen molar-refractivity contribution in [2.24, 2.45) is 11.1 Å². The van der Waals surface area contributed by atoms with Gasteiger partial charge in [0.25, 0.3) is 0 Å². The number of carbonyl (C=O) groups is 1. The fraction of sp³-hybridized carbons (Fsp3) is 0.846. The lowest BCUT2D eigenvalue weighted by Crippen LogP contribution is -2.53. The molecule has 0 radical (unpaired) electrons. The van der Waals surface area contributed by atoms with E-state index in [1.165, 1.54) is 0 Å². The highest BCUT2D eigenvalue weighted by Gasteiger charge is 2.46. The molecule has 1 aliphatic heterocycles. The molecular weight excluding hydrogens is 262 g/mol. The third-order valence-electron chi connectivity index (χ3n) is 4.15. The van der Waals surface area contributed by atoms with Crippen molar-refractivity contribution < 1.29 is 9.53 Å². The van der Waals surface area contributed by atoms with E-state index >= 15 is 0 Å². The molecule has 0 aromatic heterocycles. The maximum Gasteiger partial charge on any atom is 0.233 e. The van der Waals surface area contributed by atoms with Crippen molar-refractivity contribution in [2.45, 2.75) is 25.7 Å². The van der Waals surface area contributed by atoms with Crippen LogP contribution < -0.4 is 11.1 Å². The van der Waals surface area contributed by atoms with Gasteiger partial charge in [-0.3, -0.25) is 9.69 Å². The number of hydrogen-bond donors (Lipinski definition) is 2. The van der Waals surface area contributed by atoms with E-state index in [0.717, 1.165) is 58.5 Å². The van der Waals surface area contributed by atoms with Crippen molar-refractivity contribution in [2.75, 3.05) is 39.4 Å². The molecule has 0 aromatic carbocycles. The average molecular weight is 285 g/mol. The van der Waals surface area contributed by atoms with Crippen LogP contribution >= 0.6 is 12.2 Å². The Morgan fingerprint density at radius 2 is 2.05 bits per heavy atom. The van der Waals surface area contributed by atoms with Crippen LogP contribution in [0.5, 0.6) is 0 Å². The fourth-order valence-corrected chi connectivity index (χ4v) is 2.91. The minimum Gasteiger partial charge on any atom is -0.392 e. The molecule has 0 bridgehead atoms. The molecule has 1 amide bonds. The van der Waals surface area contributed by atoms with Crippen molar-refractivity contribution in [3.8, 4) is 0 Å². The molecule has 1 heterocycles. The summed E-state index contributed by atoms with van der Waals surface area (Å²) in [6.07, 6.45) is 3.60. The van der Waals surface area contributed by atoms with Crippen molar-refractivity contribution in [1.82, 2.24) is 10.2 Å². The molecule has 0 aromatic rings. The largest absolute Gasteiger partial charge is 0.392 e. The Bertz CT molecular complexity index is 339. The van der Waals surface area contributed by atoms with Gasteiger partial charge in [-0.05, 0) is 25.8 Å². The SMILES string of the molecule is NC(=S)C1(C(=O)NCCCN2CCOCC2)CCC1. The summed E-state index contributed by atoms with van der Waals surface area (Å²) in [6, 6.07) is 0. The monoisotopic (exact) mass is 285 g/mol. The summed E-state index contributed by atoms with van der Waals surface area (Å²) >= 11 is 5.03. The van der Waals surface area contributed by atoms with Crippen LogP contribution in [0.25, 0.3) is 0 Å². The van der Waals surface area contributed by atoms with Crippen LogP contribution in [-0.2, 0) is 9.53 Å². The van der Waals surface area contributed by atoms with Gasteiger partial charge in [0.15, 0.2) is 0 Å². The Morgan fingerprint density at radius 3 is 2.58 bits per heavy atom. The van der Waals surface area contributed by atoms with Crippen molar-refractivity contribution >= 4 is 23.1 Å². The maximum atomic E-state index is 12.1. The number of nitrogens with two attached hydrogens (primary N) is 1. The molecule has 2 fully saturated rings. The summed E-state index contributed by atoms with van der Waals surface area (Å²) in [4.78, 5) is 14.8. The van der Waals surface area contributed by atoms with E-state index in [2.05, 4.69) is 10.2 Å². The third kappa shape index (κ3) is 3.43. The first kappa shape index (κ1) is 14.7. The first-order valence-corrected chi connectivity index (χ1v) is 7.44. The van der Waals surface area contributed by atoms with Crippen molar-refractivity contribution in [3.05, 3.63) is 0 Å². The number of rotatable bonds is 6. The summed E-state index contributed by atoms with van der Waals surface area (Å²) in [7, 11) is 0. The molecule has 5 nitrogen and oxygen atoms in total. The maximum absolute atomic E-state index is 12.1. The third-order valence-corrected chi connectivity index (χ3v) is 4.54. The van der Waals surface area contributed by atoms with E-state index < -0.39 is 5.41 Å². The fourth-order valence-electron chi connectivity index (χ4n) is 2.61. The standard InChI is InChI=1S/C13H23N3O2S/c14-11(19)13(3-1-4-13)12(17)15-5-2-6-16-7-9-18-10-8-16/h1-10H2,(H2,14,19)(H,15,17). The van der Waals surface area contributed by atoms with Gasteiger partial charge in [0.2, 0.25) is 5.91 Å². The number of morpholine rings is 1. The zero-order chi connectivity index (χ0) is 13.7. The number of thiocarbonyl (C=S) groups is 1. The normalized spacial score (nSPS) is 22.5. The summed E-state index contributed by atoms with van der Waals surface area (Å²) in [5.74, 6) is 0.0215. The molecule has 2 aliphatic rings. The molecule has 0 spiro atoms. The van der Waals surface area contributed by atoms with Gasteiger partial charge in [0.05, 0.1) is 23.6 Å². The minimum absolute atomic E-state index is 0.0215. The summed E-state index contributed by atoms with van der Waals surface area (Å²) in [5.41, 5.74) is 5.16. The molecule has 1 saturated carbocycles. The van der Waals surface area contributed by atoms with E-state index in [4.69, 9.17) is 22.7 Å². The predicted molar refractivity (Wildman–Crippen MR) is 78.0 cm³/mol. The highest BCUT2D eigenvalue weighted by atomic mass is 32.1. The lowest BCUT2D eigenvalue weighted by Gasteiger charge is -2.39. The van der Waals surface area contributed by atoms with Gasteiger partial charge in [0, 0.05) is 19.6 Å². The van der Waals surface area contributed by atoms with Gasteiger partial charge in [-0.15, -0.1) is 0 Å². The van der Waals surface area contributed by atoms with Crippen LogP contribution in [-0.4, -0.2) is 55.2 Å². The van der Waals surface area contributed by atoms with Gasteiger partial charge in [-0.1, -0.05) is 18.6 Å². The van der Waals surface area contributed by atoms with E-state index in [-0.39, 0.29) is 5.91 Å². The van der Waals surface area contributed by atoms with Crippen LogP contribution in [0.4, 0.5) is 0 Å². The van der Waals surface area contributed by atoms with Crippen LogP contribution in [0, 0.1) is 5.41 Å². The van der Waals surface area contributed by atoms with Crippen molar-refractivity contribution in [1.29, 1.82) is 0 Å². The Balaban J connectivity index is 1.65. The first-order valence-electron chi connectivity index (χ1n) is 7.03. The van der Waals surface area contributed by atoms with Gasteiger partial charge in [-0.25, -0.2) is 0 Å². The molecule has 6 heteroatoms. The highest BCUT2D eigenvalue weighted by Crippen LogP contribution is 2.41. The Hall–Kier alpha value is -0.720. The average Bonchev–Trinajstić information content (AvgIpc) is 2.34. The van der Waals surface area contributed by atoms with E-state index in [1.54, 1.807) is 0 Å². The van der Waals surface area contributed by atoms with E-state index in [0.29, 0.717) is 11.5 Å². The van der Waals surface area contributed by atoms with Crippen LogP contribution in [0.1, 0.15) is 25.7 Å². The van der Waals surface area contributed by atoms with Gasteiger partial charge < -0.3 is 15.8 Å². The zero-order valence-corrected chi connectivity index (χ0v) is 12.1. The highest BCUT2D eigenvalue weighted by molar-refractivity contribution is 7.80. The first-order chi connectivity index (χ1) is 9.15. The quantitative estimate of drug-likeness (QED) is 0.542. The predicted octanol–water partition coefficient (Wildman–Crippen LogP) is 0.281. The van der Waals surface area contributed by atoms with Crippen LogP contribution in [0.2, 0.25) is 0 Å². The molecule has 1 saturated heterocycles. The number of nitrogens with one attached hydrogen (secondary N) is 1. The number of ether oxygens (including phenoxy) is 1. The zero-order valence-electron chi connectivity index (χ0n) is 11.3. The van der Waals surface area contributed by atoms with E-state index in [9.17, 15) is 4.79 Å². The van der Waals surface area contributed by atoms with Gasteiger partial charge in [0.1, 0.15) is 0 Å². The molecule has 19 heavy (non-hydrogen) atoms. The summed E-state index contributed by atoms with van der Waals surface area (Å²) in [5, 5.41) is 2.98. The van der Waals surface area contributed by atoms with E-state index in [1.807, 2.05) is 0 Å². The minimum atomic E-state index is -0.547. The number of amides is 1. The second-order valence-corrected chi connectivity index (χ2v) is 5.80. The molecule has 0 unspecified atom stereocenters. The summed E-state index contributed by atoms with van der Waals surface area (Å²) in [6.45, 7) is 5.31. The second kappa shape index (κ2) is 6.63. The molecule has 3 N–H and O–H groups in total. The van der Waals surface area contributed by atoms with Gasteiger partial charge in [-0.2, -0.15) is 0 Å². The Labute approximate surface area is 119 Å².